The van der Waals surface area contributed by atoms with Gasteiger partial charge < -0.3 is 15.0 Å². The fraction of sp³-hybridized carbons (Fsp3) is 0.632. The summed E-state index contributed by atoms with van der Waals surface area (Å²) in [4.78, 5) is 9.60. The van der Waals surface area contributed by atoms with Crippen molar-refractivity contribution in [2.75, 3.05) is 45.9 Å². The molecule has 0 aromatic heterocycles. The molecule has 1 atom stereocenters. The number of hydrogen-bond acceptors (Lipinski definition) is 3. The highest BCUT2D eigenvalue weighted by atomic mass is 19.1. The zero-order chi connectivity index (χ0) is 17.6. The van der Waals surface area contributed by atoms with Crippen LogP contribution in [0.15, 0.2) is 23.2 Å². The summed E-state index contributed by atoms with van der Waals surface area (Å²) < 4.78 is 19.2. The Morgan fingerprint density at radius 2 is 2.12 bits per heavy atom. The van der Waals surface area contributed by atoms with Crippen molar-refractivity contribution in [1.82, 2.24) is 15.1 Å². The molecule has 5 nitrogen and oxygen atoms in total. The van der Waals surface area contributed by atoms with E-state index in [-0.39, 0.29) is 5.82 Å². The molecule has 2 fully saturated rings. The quantitative estimate of drug-likeness (QED) is 0.667. The maximum absolute atomic E-state index is 13.7. The molecule has 138 valence electrons. The summed E-state index contributed by atoms with van der Waals surface area (Å²) in [5, 5.41) is 3.38. The number of guanidine groups is 1. The van der Waals surface area contributed by atoms with Gasteiger partial charge in [-0.15, -0.1) is 0 Å². The van der Waals surface area contributed by atoms with E-state index in [4.69, 9.17) is 9.73 Å². The minimum atomic E-state index is -0.161. The first-order chi connectivity index (χ1) is 12.2. The number of hydrogen-bond donors (Lipinski definition) is 1. The minimum absolute atomic E-state index is 0.161. The Morgan fingerprint density at radius 3 is 2.84 bits per heavy atom. The molecule has 0 bridgehead atoms. The predicted molar refractivity (Wildman–Crippen MR) is 98.3 cm³/mol. The number of halogens is 1. The Balaban J connectivity index is 1.62. The van der Waals surface area contributed by atoms with E-state index in [1.165, 1.54) is 0 Å². The average molecular weight is 348 g/mol. The van der Waals surface area contributed by atoms with Gasteiger partial charge in [0.15, 0.2) is 5.96 Å². The van der Waals surface area contributed by atoms with Crippen LogP contribution in [0.1, 0.15) is 24.5 Å². The highest BCUT2D eigenvalue weighted by molar-refractivity contribution is 5.80. The Kier molecular flexibility index (Phi) is 6.26. The molecule has 2 aliphatic rings. The second kappa shape index (κ2) is 8.63. The smallest absolute Gasteiger partial charge is 0.194 e. The number of aryl methyl sites for hydroxylation is 1. The van der Waals surface area contributed by atoms with E-state index >= 15 is 0 Å². The summed E-state index contributed by atoms with van der Waals surface area (Å²) >= 11 is 0. The molecule has 0 amide bonds. The van der Waals surface area contributed by atoms with Crippen molar-refractivity contribution >= 4 is 5.96 Å². The molecule has 1 aromatic carbocycles. The van der Waals surface area contributed by atoms with Crippen molar-refractivity contribution in [2.45, 2.75) is 32.9 Å². The highest BCUT2D eigenvalue weighted by Gasteiger charge is 2.30. The van der Waals surface area contributed by atoms with Gasteiger partial charge in [0.25, 0.3) is 0 Å². The Hall–Kier alpha value is -1.66. The Bertz CT molecular complexity index is 601. The average Bonchev–Trinajstić information content (AvgIpc) is 3.12. The third-order valence-corrected chi connectivity index (χ3v) is 5.01. The van der Waals surface area contributed by atoms with Crippen LogP contribution in [0, 0.1) is 12.7 Å². The van der Waals surface area contributed by atoms with Crippen molar-refractivity contribution in [3.05, 3.63) is 35.1 Å². The van der Waals surface area contributed by atoms with Gasteiger partial charge in [0.2, 0.25) is 0 Å². The first kappa shape index (κ1) is 18.1. The summed E-state index contributed by atoms with van der Waals surface area (Å²) in [5.41, 5.74) is 1.58. The second-order valence-corrected chi connectivity index (χ2v) is 6.79. The van der Waals surface area contributed by atoms with Gasteiger partial charge in [0.1, 0.15) is 5.82 Å². The molecule has 0 aliphatic carbocycles. The van der Waals surface area contributed by atoms with Crippen LogP contribution in [0.4, 0.5) is 4.39 Å². The molecule has 6 heteroatoms. The van der Waals surface area contributed by atoms with Crippen LogP contribution in [0.2, 0.25) is 0 Å². The highest BCUT2D eigenvalue weighted by Crippen LogP contribution is 2.17. The molecule has 0 spiro atoms. The van der Waals surface area contributed by atoms with Gasteiger partial charge >= 0.3 is 0 Å². The summed E-state index contributed by atoms with van der Waals surface area (Å²) in [6, 6.07) is 5.93. The standard InChI is InChI=1S/C19H29FN4O/c1-3-21-19(22-13-16-5-4-15(2)18(20)12-16)24-7-6-17(14-24)23-8-10-25-11-9-23/h4-5,12,17H,3,6-11,13-14H2,1-2H3,(H,21,22). The lowest BCUT2D eigenvalue weighted by molar-refractivity contribution is 0.0195. The maximum Gasteiger partial charge on any atom is 0.194 e. The van der Waals surface area contributed by atoms with E-state index in [9.17, 15) is 4.39 Å². The minimum Gasteiger partial charge on any atom is -0.379 e. The van der Waals surface area contributed by atoms with Gasteiger partial charge in [-0.25, -0.2) is 9.38 Å². The number of ether oxygens (including phenoxy) is 1. The lowest BCUT2D eigenvalue weighted by Crippen LogP contribution is -2.46. The largest absolute Gasteiger partial charge is 0.379 e. The van der Waals surface area contributed by atoms with E-state index in [0.29, 0.717) is 18.2 Å². The first-order valence-electron chi connectivity index (χ1n) is 9.27. The van der Waals surface area contributed by atoms with Crippen molar-refractivity contribution in [3.8, 4) is 0 Å². The molecule has 2 heterocycles. The zero-order valence-corrected chi connectivity index (χ0v) is 15.3. The van der Waals surface area contributed by atoms with E-state index < -0.39 is 0 Å². The molecule has 25 heavy (non-hydrogen) atoms. The van der Waals surface area contributed by atoms with Gasteiger partial charge in [-0.2, -0.15) is 0 Å². The number of nitrogens with zero attached hydrogens (tertiary/aromatic N) is 3. The number of benzene rings is 1. The predicted octanol–water partition coefficient (Wildman–Crippen LogP) is 2.01. The van der Waals surface area contributed by atoms with E-state index in [0.717, 1.165) is 63.9 Å². The lowest BCUT2D eigenvalue weighted by atomic mass is 10.1. The number of likely N-dealkylation sites (tertiary alicyclic amines) is 1. The Morgan fingerprint density at radius 1 is 1.32 bits per heavy atom. The van der Waals surface area contributed by atoms with Crippen LogP contribution in [-0.2, 0) is 11.3 Å². The van der Waals surface area contributed by atoms with Gasteiger partial charge in [0.05, 0.1) is 19.8 Å². The number of morpholine rings is 1. The van der Waals surface area contributed by atoms with Crippen molar-refractivity contribution in [1.29, 1.82) is 0 Å². The molecule has 3 rings (SSSR count). The molecular formula is C19H29FN4O. The molecule has 0 saturated carbocycles. The number of nitrogens with one attached hydrogen (secondary N) is 1. The van der Waals surface area contributed by atoms with E-state index in [2.05, 4.69) is 22.0 Å². The third kappa shape index (κ3) is 4.70. The lowest BCUT2D eigenvalue weighted by Gasteiger charge is -2.32. The molecule has 2 saturated heterocycles. The van der Waals surface area contributed by atoms with Crippen molar-refractivity contribution < 1.29 is 9.13 Å². The molecule has 2 aliphatic heterocycles. The van der Waals surface area contributed by atoms with Gasteiger partial charge in [-0.05, 0) is 37.5 Å². The fourth-order valence-corrected chi connectivity index (χ4v) is 3.50. The van der Waals surface area contributed by atoms with Crippen LogP contribution in [0.25, 0.3) is 0 Å². The molecular weight excluding hydrogens is 319 g/mol. The summed E-state index contributed by atoms with van der Waals surface area (Å²) in [7, 11) is 0. The number of aliphatic imine (C=N–C) groups is 1. The summed E-state index contributed by atoms with van der Waals surface area (Å²) in [6.45, 7) is 10.9. The molecule has 0 radical (unpaired) electrons. The summed E-state index contributed by atoms with van der Waals surface area (Å²) in [5.74, 6) is 0.769. The van der Waals surface area contributed by atoms with Crippen LogP contribution >= 0.6 is 0 Å². The fourth-order valence-electron chi connectivity index (χ4n) is 3.50. The van der Waals surface area contributed by atoms with Gasteiger partial charge in [-0.1, -0.05) is 12.1 Å². The zero-order valence-electron chi connectivity index (χ0n) is 15.3. The maximum atomic E-state index is 13.7. The van der Waals surface area contributed by atoms with Gasteiger partial charge in [0, 0.05) is 38.8 Å². The van der Waals surface area contributed by atoms with Crippen LogP contribution in [-0.4, -0.2) is 67.7 Å². The van der Waals surface area contributed by atoms with Crippen molar-refractivity contribution in [2.24, 2.45) is 4.99 Å². The van der Waals surface area contributed by atoms with Crippen LogP contribution in [0.3, 0.4) is 0 Å². The normalized spacial score (nSPS) is 22.4. The van der Waals surface area contributed by atoms with Crippen LogP contribution in [0.5, 0.6) is 0 Å². The monoisotopic (exact) mass is 348 g/mol. The SMILES string of the molecule is CCNC(=NCc1ccc(C)c(F)c1)N1CCC(N2CCOCC2)C1. The molecule has 1 N–H and O–H groups in total. The van der Waals surface area contributed by atoms with E-state index in [1.807, 2.05) is 12.1 Å². The second-order valence-electron chi connectivity index (χ2n) is 6.79. The molecule has 1 aromatic rings. The van der Waals surface area contributed by atoms with Crippen molar-refractivity contribution in [3.63, 3.8) is 0 Å². The third-order valence-electron chi connectivity index (χ3n) is 5.01. The van der Waals surface area contributed by atoms with Crippen LogP contribution < -0.4 is 5.32 Å². The van der Waals surface area contributed by atoms with E-state index in [1.54, 1.807) is 13.0 Å². The Labute approximate surface area is 149 Å². The number of rotatable bonds is 4. The molecule has 1 unspecified atom stereocenters. The van der Waals surface area contributed by atoms with Gasteiger partial charge in [-0.3, -0.25) is 4.90 Å². The topological polar surface area (TPSA) is 40.1 Å². The summed E-state index contributed by atoms with van der Waals surface area (Å²) in [6.07, 6.45) is 1.16. The first-order valence-corrected chi connectivity index (χ1v) is 9.27.